The van der Waals surface area contributed by atoms with E-state index in [-0.39, 0.29) is 0 Å². The third kappa shape index (κ3) is 5.06. The first-order valence-electron chi connectivity index (χ1n) is 8.28. The lowest BCUT2D eigenvalue weighted by Gasteiger charge is -2.32. The topological polar surface area (TPSA) is 59.8 Å². The number of oxime groups is 1. The number of rotatable bonds is 6. The first kappa shape index (κ1) is 17.5. The van der Waals surface area contributed by atoms with Gasteiger partial charge in [0.05, 0.1) is 12.8 Å². The zero-order chi connectivity index (χ0) is 17.5. The first-order chi connectivity index (χ1) is 12.2. The molecule has 3 rings (SSSR count). The van der Waals surface area contributed by atoms with Crippen molar-refractivity contribution in [3.05, 3.63) is 47.1 Å². The van der Waals surface area contributed by atoms with Crippen LogP contribution in [0, 0.1) is 5.92 Å². The molecule has 1 aromatic carbocycles. The zero-order valence-electron chi connectivity index (χ0n) is 14.1. The van der Waals surface area contributed by atoms with Gasteiger partial charge in [-0.2, -0.15) is 0 Å². The lowest BCUT2D eigenvalue weighted by molar-refractivity contribution is 0.215. The minimum Gasteiger partial charge on any atom is -0.493 e. The van der Waals surface area contributed by atoms with E-state index in [4.69, 9.17) is 21.2 Å². The van der Waals surface area contributed by atoms with Crippen molar-refractivity contribution < 1.29 is 9.57 Å². The summed E-state index contributed by atoms with van der Waals surface area (Å²) in [5.41, 5.74) is 0.954. The van der Waals surface area contributed by atoms with Crippen molar-refractivity contribution in [3.63, 3.8) is 0 Å². The van der Waals surface area contributed by atoms with Crippen LogP contribution in [0.5, 0.6) is 5.75 Å². The van der Waals surface area contributed by atoms with Crippen molar-refractivity contribution in [2.75, 3.05) is 31.7 Å². The molecule has 6 nitrogen and oxygen atoms in total. The quantitative estimate of drug-likeness (QED) is 0.583. The Morgan fingerprint density at radius 3 is 2.80 bits per heavy atom. The van der Waals surface area contributed by atoms with Crippen LogP contribution in [-0.2, 0) is 4.84 Å². The Morgan fingerprint density at radius 2 is 2.08 bits per heavy atom. The Kier molecular flexibility index (Phi) is 6.06. The molecule has 0 atom stereocenters. The summed E-state index contributed by atoms with van der Waals surface area (Å²) in [6, 6.07) is 11.5. The number of hydrogen-bond donors (Lipinski definition) is 0. The van der Waals surface area contributed by atoms with Gasteiger partial charge in [-0.25, -0.2) is 0 Å². The van der Waals surface area contributed by atoms with E-state index in [1.54, 1.807) is 12.3 Å². The van der Waals surface area contributed by atoms with Gasteiger partial charge in [-0.3, -0.25) is 0 Å². The molecule has 0 saturated carbocycles. The highest BCUT2D eigenvalue weighted by atomic mass is 35.5. The highest BCUT2D eigenvalue weighted by Crippen LogP contribution is 2.23. The molecular weight excluding hydrogens is 340 g/mol. The van der Waals surface area contributed by atoms with Crippen molar-refractivity contribution in [2.24, 2.45) is 11.1 Å². The molecule has 0 spiro atoms. The second kappa shape index (κ2) is 8.67. The summed E-state index contributed by atoms with van der Waals surface area (Å²) >= 11 is 5.79. The molecule has 0 radical (unpaired) electrons. The van der Waals surface area contributed by atoms with Crippen LogP contribution in [0.4, 0.5) is 5.82 Å². The Balaban J connectivity index is 1.48. The van der Waals surface area contributed by atoms with E-state index >= 15 is 0 Å². The van der Waals surface area contributed by atoms with Gasteiger partial charge in [0.15, 0.2) is 11.0 Å². The Labute approximate surface area is 152 Å². The second-order valence-corrected chi connectivity index (χ2v) is 6.33. The minimum absolute atomic E-state index is 0.421. The lowest BCUT2D eigenvalue weighted by Crippen LogP contribution is -2.36. The van der Waals surface area contributed by atoms with E-state index in [0.29, 0.717) is 17.7 Å². The predicted molar refractivity (Wildman–Crippen MR) is 98.5 cm³/mol. The Hall–Kier alpha value is -2.34. The van der Waals surface area contributed by atoms with Crippen LogP contribution in [0.1, 0.15) is 18.4 Å². The number of ether oxygens (including phenoxy) is 1. The van der Waals surface area contributed by atoms with E-state index in [0.717, 1.165) is 43.1 Å². The molecule has 132 valence electrons. The highest BCUT2D eigenvalue weighted by Gasteiger charge is 2.21. The number of hydrogen-bond acceptors (Lipinski definition) is 6. The third-order valence-corrected chi connectivity index (χ3v) is 4.41. The van der Waals surface area contributed by atoms with Crippen LogP contribution in [0.2, 0.25) is 5.15 Å². The zero-order valence-corrected chi connectivity index (χ0v) is 14.9. The molecule has 1 saturated heterocycles. The van der Waals surface area contributed by atoms with Crippen molar-refractivity contribution in [1.82, 2.24) is 10.2 Å². The maximum absolute atomic E-state index is 5.96. The summed E-state index contributed by atoms with van der Waals surface area (Å²) in [4.78, 5) is 6.94. The molecule has 7 heteroatoms. The lowest BCUT2D eigenvalue weighted by atomic mass is 9.98. The second-order valence-electron chi connectivity index (χ2n) is 5.95. The molecule has 1 fully saturated rings. The SMILES string of the molecule is CON=Cc1cccc(OCC2CCN(c3ccc(Cl)nn3)CC2)c1. The largest absolute Gasteiger partial charge is 0.493 e. The van der Waals surface area contributed by atoms with Gasteiger partial charge >= 0.3 is 0 Å². The maximum atomic E-state index is 5.96. The average molecular weight is 361 g/mol. The van der Waals surface area contributed by atoms with Crippen LogP contribution >= 0.6 is 11.6 Å². The molecule has 1 aromatic heterocycles. The smallest absolute Gasteiger partial charge is 0.151 e. The van der Waals surface area contributed by atoms with Crippen molar-refractivity contribution >= 4 is 23.6 Å². The molecule has 0 bridgehead atoms. The summed E-state index contributed by atoms with van der Waals surface area (Å²) < 4.78 is 5.96. The number of benzene rings is 1. The summed E-state index contributed by atoms with van der Waals surface area (Å²) in [7, 11) is 1.53. The van der Waals surface area contributed by atoms with Gasteiger partial charge in [-0.1, -0.05) is 28.9 Å². The highest BCUT2D eigenvalue weighted by molar-refractivity contribution is 6.29. The van der Waals surface area contributed by atoms with Gasteiger partial charge in [0.2, 0.25) is 0 Å². The van der Waals surface area contributed by atoms with E-state index in [2.05, 4.69) is 20.3 Å². The van der Waals surface area contributed by atoms with Crippen LogP contribution in [0.25, 0.3) is 0 Å². The van der Waals surface area contributed by atoms with Crippen LogP contribution < -0.4 is 9.64 Å². The van der Waals surface area contributed by atoms with Gasteiger partial charge in [0.25, 0.3) is 0 Å². The molecule has 0 N–H and O–H groups in total. The fourth-order valence-electron chi connectivity index (χ4n) is 2.82. The summed E-state index contributed by atoms with van der Waals surface area (Å²) in [5, 5.41) is 12.2. The summed E-state index contributed by atoms with van der Waals surface area (Å²) in [6.45, 7) is 2.61. The average Bonchev–Trinajstić information content (AvgIpc) is 2.66. The fraction of sp³-hybridized carbons (Fsp3) is 0.389. The molecule has 1 aliphatic rings. The van der Waals surface area contributed by atoms with E-state index in [1.165, 1.54) is 7.11 Å². The van der Waals surface area contributed by atoms with Gasteiger partial charge < -0.3 is 14.5 Å². The number of nitrogens with zero attached hydrogens (tertiary/aromatic N) is 4. The van der Waals surface area contributed by atoms with Gasteiger partial charge in [-0.15, -0.1) is 10.2 Å². The summed E-state index contributed by atoms with van der Waals surface area (Å²) in [5.74, 6) is 2.27. The van der Waals surface area contributed by atoms with Gasteiger partial charge in [-0.05, 0) is 48.6 Å². The molecule has 0 unspecified atom stereocenters. The Morgan fingerprint density at radius 1 is 1.24 bits per heavy atom. The normalized spacial score (nSPS) is 15.5. The number of halogens is 1. The van der Waals surface area contributed by atoms with Crippen molar-refractivity contribution in [1.29, 1.82) is 0 Å². The minimum atomic E-state index is 0.421. The molecule has 0 amide bonds. The van der Waals surface area contributed by atoms with Gasteiger partial charge in [0.1, 0.15) is 12.9 Å². The van der Waals surface area contributed by atoms with Crippen molar-refractivity contribution in [2.45, 2.75) is 12.8 Å². The first-order valence-corrected chi connectivity index (χ1v) is 8.66. The molecule has 0 aliphatic carbocycles. The number of piperidine rings is 1. The predicted octanol–water partition coefficient (Wildman–Crippen LogP) is 3.41. The molecular formula is C18H21ClN4O2. The molecule has 25 heavy (non-hydrogen) atoms. The van der Waals surface area contributed by atoms with E-state index < -0.39 is 0 Å². The molecule has 1 aliphatic heterocycles. The monoisotopic (exact) mass is 360 g/mol. The van der Waals surface area contributed by atoms with Gasteiger partial charge in [0, 0.05) is 13.1 Å². The number of aromatic nitrogens is 2. The van der Waals surface area contributed by atoms with Crippen LogP contribution in [0.15, 0.2) is 41.6 Å². The van der Waals surface area contributed by atoms with Crippen LogP contribution in [0.3, 0.4) is 0 Å². The van der Waals surface area contributed by atoms with E-state index in [1.807, 2.05) is 30.3 Å². The summed E-state index contributed by atoms with van der Waals surface area (Å²) in [6.07, 6.45) is 3.79. The van der Waals surface area contributed by atoms with Crippen molar-refractivity contribution in [3.8, 4) is 5.75 Å². The Bertz CT molecular complexity index is 700. The standard InChI is InChI=1S/C18H21ClN4O2/c1-24-20-12-15-3-2-4-16(11-15)25-13-14-7-9-23(10-8-14)18-6-5-17(19)21-22-18/h2-6,11-12,14H,7-10,13H2,1H3. The maximum Gasteiger partial charge on any atom is 0.151 e. The van der Waals surface area contributed by atoms with Crippen LogP contribution in [-0.4, -0.2) is 43.2 Å². The molecule has 2 heterocycles. The fourth-order valence-corrected chi connectivity index (χ4v) is 2.92. The number of anilines is 1. The third-order valence-electron chi connectivity index (χ3n) is 4.21. The molecule has 2 aromatic rings. The van der Waals surface area contributed by atoms with E-state index in [9.17, 15) is 0 Å².